The lowest BCUT2D eigenvalue weighted by Crippen LogP contribution is -2.28. The quantitative estimate of drug-likeness (QED) is 0.556. The summed E-state index contributed by atoms with van der Waals surface area (Å²) >= 11 is 0. The van der Waals surface area contributed by atoms with Gasteiger partial charge in [0.2, 0.25) is 0 Å². The molecule has 9 heteroatoms. The summed E-state index contributed by atoms with van der Waals surface area (Å²) in [7, 11) is -1.98. The predicted octanol–water partition coefficient (Wildman–Crippen LogP) is 0.778. The van der Waals surface area contributed by atoms with Crippen LogP contribution in [0.5, 0.6) is 11.5 Å². The molecule has 0 aromatic heterocycles. The van der Waals surface area contributed by atoms with Crippen LogP contribution < -0.4 is 9.47 Å². The molecule has 0 spiro atoms. The number of nitro groups is 1. The number of nitrogens with zero attached hydrogens (tertiary/aromatic N) is 1. The number of hydrogen-bond acceptors (Lipinski definition) is 7. The fraction of sp³-hybridized carbons (Fsp3) is 0.500. The number of nitro benzene ring substituents is 1. The number of hydrogen-bond donors (Lipinski definition) is 1. The summed E-state index contributed by atoms with van der Waals surface area (Å²) in [5.74, 6) is -0.144. The van der Waals surface area contributed by atoms with Gasteiger partial charge in [-0.15, -0.1) is 0 Å². The van der Waals surface area contributed by atoms with E-state index in [4.69, 9.17) is 9.47 Å². The van der Waals surface area contributed by atoms with Crippen LogP contribution in [0.4, 0.5) is 5.69 Å². The molecule has 0 amide bonds. The average molecular weight is 319 g/mol. The van der Waals surface area contributed by atoms with Crippen LogP contribution in [0.3, 0.4) is 0 Å². The van der Waals surface area contributed by atoms with E-state index in [2.05, 4.69) is 0 Å². The lowest BCUT2D eigenvalue weighted by molar-refractivity contribution is -0.384. The van der Waals surface area contributed by atoms with Gasteiger partial charge in [0, 0.05) is 11.8 Å². The molecule has 0 saturated heterocycles. The molecule has 1 rings (SSSR count). The third kappa shape index (κ3) is 5.20. The molecule has 0 bridgehead atoms. The summed E-state index contributed by atoms with van der Waals surface area (Å²) in [5.41, 5.74) is -0.159. The van der Waals surface area contributed by atoms with Crippen molar-refractivity contribution in [3.63, 3.8) is 0 Å². The molecule has 0 unspecified atom stereocenters. The van der Waals surface area contributed by atoms with Crippen LogP contribution in [0.1, 0.15) is 6.92 Å². The van der Waals surface area contributed by atoms with Crippen molar-refractivity contribution in [2.75, 3.05) is 25.2 Å². The Morgan fingerprint density at radius 3 is 2.57 bits per heavy atom. The topological polar surface area (TPSA) is 116 Å². The van der Waals surface area contributed by atoms with Crippen LogP contribution in [-0.2, 0) is 9.84 Å². The van der Waals surface area contributed by atoms with E-state index in [1.54, 1.807) is 0 Å². The molecule has 0 heterocycles. The minimum Gasteiger partial charge on any atom is -0.493 e. The van der Waals surface area contributed by atoms with Crippen molar-refractivity contribution in [1.29, 1.82) is 0 Å². The number of rotatable bonds is 8. The number of benzene rings is 1. The van der Waals surface area contributed by atoms with Crippen LogP contribution in [0.15, 0.2) is 18.2 Å². The minimum absolute atomic E-state index is 0.0646. The molecule has 0 aliphatic rings. The molecule has 0 aliphatic carbocycles. The van der Waals surface area contributed by atoms with Crippen molar-refractivity contribution >= 4 is 15.5 Å². The van der Waals surface area contributed by atoms with Crippen LogP contribution in [0.2, 0.25) is 0 Å². The van der Waals surface area contributed by atoms with E-state index in [1.165, 1.54) is 32.2 Å². The fourth-order valence-electron chi connectivity index (χ4n) is 1.53. The fourth-order valence-corrected chi connectivity index (χ4v) is 2.45. The summed E-state index contributed by atoms with van der Waals surface area (Å²) in [6.45, 7) is 1.23. The van der Waals surface area contributed by atoms with Gasteiger partial charge in [0.1, 0.15) is 12.7 Å². The van der Waals surface area contributed by atoms with Gasteiger partial charge in [0.15, 0.2) is 21.3 Å². The Morgan fingerprint density at radius 1 is 1.38 bits per heavy atom. The van der Waals surface area contributed by atoms with Crippen LogP contribution in [-0.4, -0.2) is 49.8 Å². The molecular weight excluding hydrogens is 302 g/mol. The predicted molar refractivity (Wildman–Crippen MR) is 75.5 cm³/mol. The van der Waals surface area contributed by atoms with E-state index in [0.29, 0.717) is 0 Å². The van der Waals surface area contributed by atoms with Crippen molar-refractivity contribution in [3.05, 3.63) is 28.3 Å². The highest BCUT2D eigenvalue weighted by molar-refractivity contribution is 7.91. The Hall–Kier alpha value is -1.87. The highest BCUT2D eigenvalue weighted by atomic mass is 32.2. The molecule has 0 radical (unpaired) electrons. The molecule has 0 saturated carbocycles. The molecule has 0 fully saturated rings. The molecule has 8 nitrogen and oxygen atoms in total. The second-order valence-electron chi connectivity index (χ2n) is 4.26. The van der Waals surface area contributed by atoms with E-state index in [0.717, 1.165) is 0 Å². The van der Waals surface area contributed by atoms with Crippen molar-refractivity contribution < 1.29 is 27.9 Å². The normalized spacial score (nSPS) is 12.7. The third-order valence-corrected chi connectivity index (χ3v) is 4.45. The van der Waals surface area contributed by atoms with Gasteiger partial charge in [-0.05, 0) is 6.07 Å². The van der Waals surface area contributed by atoms with Gasteiger partial charge in [-0.3, -0.25) is 10.1 Å². The summed E-state index contributed by atoms with van der Waals surface area (Å²) < 4.78 is 32.9. The van der Waals surface area contributed by atoms with Gasteiger partial charge in [-0.1, -0.05) is 6.92 Å². The summed E-state index contributed by atoms with van der Waals surface area (Å²) in [4.78, 5) is 10.1. The Bertz CT molecular complexity index is 600. The summed E-state index contributed by atoms with van der Waals surface area (Å²) in [6, 6.07) is 3.75. The zero-order valence-corrected chi connectivity index (χ0v) is 12.5. The molecular formula is C12H17NO7S. The molecule has 1 N–H and O–H groups in total. The standard InChI is InChI=1S/C12H17NO7S/c1-3-21(17,18)8-10(14)7-20-11-5-4-9(13(15)16)6-12(11)19-2/h4-6,10,14H,3,7-8H2,1-2H3/t10-/m0/s1. The lowest BCUT2D eigenvalue weighted by Gasteiger charge is -2.14. The van der Waals surface area contributed by atoms with E-state index in [1.807, 2.05) is 0 Å². The molecule has 0 aliphatic heterocycles. The number of aliphatic hydroxyl groups excluding tert-OH is 1. The number of ether oxygens (including phenoxy) is 2. The summed E-state index contributed by atoms with van der Waals surface area (Å²) in [5, 5.41) is 20.3. The van der Waals surface area contributed by atoms with Crippen molar-refractivity contribution in [2.24, 2.45) is 0 Å². The first kappa shape index (κ1) is 17.2. The second kappa shape index (κ2) is 7.23. The number of aliphatic hydroxyl groups is 1. The van der Waals surface area contributed by atoms with Gasteiger partial charge >= 0.3 is 0 Å². The number of methoxy groups -OCH3 is 1. The van der Waals surface area contributed by atoms with Gasteiger partial charge in [-0.25, -0.2) is 8.42 Å². The summed E-state index contributed by atoms with van der Waals surface area (Å²) in [6.07, 6.45) is -1.19. The SMILES string of the molecule is CCS(=O)(=O)C[C@@H](O)COc1ccc([N+](=O)[O-])cc1OC. The smallest absolute Gasteiger partial charge is 0.273 e. The number of sulfone groups is 1. The maximum atomic E-state index is 11.3. The first-order valence-electron chi connectivity index (χ1n) is 6.12. The van der Waals surface area contributed by atoms with Crippen molar-refractivity contribution in [1.82, 2.24) is 0 Å². The minimum atomic E-state index is -3.31. The Labute approximate surface area is 122 Å². The molecule has 1 aromatic rings. The van der Waals surface area contributed by atoms with Gasteiger partial charge in [-0.2, -0.15) is 0 Å². The van der Waals surface area contributed by atoms with E-state index in [-0.39, 0.29) is 29.5 Å². The first-order chi connectivity index (χ1) is 9.79. The molecule has 21 heavy (non-hydrogen) atoms. The van der Waals surface area contributed by atoms with Crippen LogP contribution in [0.25, 0.3) is 0 Å². The maximum absolute atomic E-state index is 11.3. The van der Waals surface area contributed by atoms with E-state index < -0.39 is 26.6 Å². The van der Waals surface area contributed by atoms with Gasteiger partial charge < -0.3 is 14.6 Å². The largest absolute Gasteiger partial charge is 0.493 e. The third-order valence-electron chi connectivity index (χ3n) is 2.68. The van der Waals surface area contributed by atoms with E-state index >= 15 is 0 Å². The van der Waals surface area contributed by atoms with E-state index in [9.17, 15) is 23.6 Å². The van der Waals surface area contributed by atoms with Gasteiger partial charge in [0.25, 0.3) is 5.69 Å². The maximum Gasteiger partial charge on any atom is 0.273 e. The monoisotopic (exact) mass is 319 g/mol. The first-order valence-corrected chi connectivity index (χ1v) is 7.95. The highest BCUT2D eigenvalue weighted by Gasteiger charge is 2.18. The van der Waals surface area contributed by atoms with Crippen molar-refractivity contribution in [3.8, 4) is 11.5 Å². The van der Waals surface area contributed by atoms with Crippen molar-refractivity contribution in [2.45, 2.75) is 13.0 Å². The number of non-ortho nitro benzene ring substituents is 1. The second-order valence-corrected chi connectivity index (χ2v) is 6.65. The Kier molecular flexibility index (Phi) is 5.91. The Morgan fingerprint density at radius 2 is 2.05 bits per heavy atom. The average Bonchev–Trinajstić information content (AvgIpc) is 2.44. The zero-order chi connectivity index (χ0) is 16.0. The molecule has 118 valence electrons. The van der Waals surface area contributed by atoms with Crippen LogP contribution >= 0.6 is 0 Å². The molecule has 1 atom stereocenters. The highest BCUT2D eigenvalue weighted by Crippen LogP contribution is 2.31. The van der Waals surface area contributed by atoms with Crippen LogP contribution in [0, 0.1) is 10.1 Å². The molecule has 1 aromatic carbocycles. The Balaban J connectivity index is 2.73. The van der Waals surface area contributed by atoms with Gasteiger partial charge in [0.05, 0.1) is 23.9 Å². The zero-order valence-electron chi connectivity index (χ0n) is 11.7. The lowest BCUT2D eigenvalue weighted by atomic mass is 10.3.